The number of halogens is 1. The van der Waals surface area contributed by atoms with Crippen LogP contribution in [0.2, 0.25) is 0 Å². The maximum Gasteiger partial charge on any atom is 0.273 e. The second-order valence-electron chi connectivity index (χ2n) is 5.74. The van der Waals surface area contributed by atoms with Crippen molar-refractivity contribution in [3.05, 3.63) is 17.5 Å². The molecule has 2 heterocycles. The third kappa shape index (κ3) is 3.52. The smallest absolute Gasteiger partial charge is 0.273 e. The number of carbonyl (C=O) groups excluding carboxylic acids is 1. The van der Waals surface area contributed by atoms with Gasteiger partial charge in [0.2, 0.25) is 0 Å². The van der Waals surface area contributed by atoms with Crippen LogP contribution in [-0.2, 0) is 0 Å². The first-order valence-electron chi connectivity index (χ1n) is 7.22. The fourth-order valence-corrected chi connectivity index (χ4v) is 2.70. The van der Waals surface area contributed by atoms with Gasteiger partial charge in [0.1, 0.15) is 5.76 Å². The van der Waals surface area contributed by atoms with Crippen LogP contribution in [0.5, 0.6) is 0 Å². The van der Waals surface area contributed by atoms with Crippen molar-refractivity contribution in [1.82, 2.24) is 15.8 Å². The second kappa shape index (κ2) is 6.59. The first-order chi connectivity index (χ1) is 9.24. The molecule has 0 radical (unpaired) electrons. The lowest BCUT2D eigenvalue weighted by Crippen LogP contribution is -2.42. The number of nitrogens with zero attached hydrogens (tertiary/aromatic N) is 1. The Hall–Kier alpha value is -1.07. The standard InChI is InChI=1S/C14H21N3O2.ClH/c1-9(10-4-6-15-7-5-10)16-14(18)12-8-13(19-17-12)11-2-3-11;/h8-11,15H,2-7H2,1H3,(H,16,18);1H. The van der Waals surface area contributed by atoms with Crippen LogP contribution in [0.15, 0.2) is 10.6 Å². The molecule has 2 fully saturated rings. The molecule has 20 heavy (non-hydrogen) atoms. The Morgan fingerprint density at radius 3 is 2.75 bits per heavy atom. The summed E-state index contributed by atoms with van der Waals surface area (Å²) in [4.78, 5) is 12.1. The van der Waals surface area contributed by atoms with Crippen molar-refractivity contribution in [2.45, 2.75) is 44.6 Å². The SMILES string of the molecule is CC(NC(=O)c1cc(C2CC2)on1)C1CCNCC1.Cl. The van der Waals surface area contributed by atoms with E-state index in [9.17, 15) is 4.79 Å². The second-order valence-corrected chi connectivity index (χ2v) is 5.74. The van der Waals surface area contributed by atoms with Crippen LogP contribution < -0.4 is 10.6 Å². The predicted octanol–water partition coefficient (Wildman–Crippen LogP) is 2.09. The number of carbonyl (C=O) groups is 1. The minimum Gasteiger partial charge on any atom is -0.360 e. The molecule has 1 aliphatic carbocycles. The maximum absolute atomic E-state index is 12.1. The quantitative estimate of drug-likeness (QED) is 0.893. The topological polar surface area (TPSA) is 67.2 Å². The molecule has 1 aromatic rings. The summed E-state index contributed by atoms with van der Waals surface area (Å²) in [6.45, 7) is 4.16. The summed E-state index contributed by atoms with van der Waals surface area (Å²) in [6, 6.07) is 1.98. The number of hydrogen-bond acceptors (Lipinski definition) is 4. The lowest BCUT2D eigenvalue weighted by molar-refractivity contribution is 0.0911. The zero-order valence-corrected chi connectivity index (χ0v) is 12.5. The van der Waals surface area contributed by atoms with E-state index in [0.717, 1.165) is 44.5 Å². The molecule has 1 saturated heterocycles. The van der Waals surface area contributed by atoms with E-state index in [1.165, 1.54) is 0 Å². The van der Waals surface area contributed by atoms with Crippen LogP contribution in [0.3, 0.4) is 0 Å². The number of piperidine rings is 1. The molecular formula is C14H22ClN3O2. The highest BCUT2D eigenvalue weighted by Crippen LogP contribution is 2.40. The van der Waals surface area contributed by atoms with Crippen LogP contribution in [0.4, 0.5) is 0 Å². The Morgan fingerprint density at radius 2 is 2.10 bits per heavy atom. The van der Waals surface area contributed by atoms with Gasteiger partial charge in [0.05, 0.1) is 0 Å². The third-order valence-corrected chi connectivity index (χ3v) is 4.19. The van der Waals surface area contributed by atoms with Gasteiger partial charge in [0.15, 0.2) is 5.69 Å². The van der Waals surface area contributed by atoms with E-state index in [-0.39, 0.29) is 24.4 Å². The Morgan fingerprint density at radius 1 is 1.40 bits per heavy atom. The van der Waals surface area contributed by atoms with Crippen molar-refractivity contribution in [3.8, 4) is 0 Å². The molecule has 1 saturated carbocycles. The summed E-state index contributed by atoms with van der Waals surface area (Å²) in [7, 11) is 0. The molecule has 6 heteroatoms. The molecule has 1 atom stereocenters. The molecule has 1 aromatic heterocycles. The predicted molar refractivity (Wildman–Crippen MR) is 78.2 cm³/mol. The van der Waals surface area contributed by atoms with Gasteiger partial charge in [-0.15, -0.1) is 12.4 Å². The van der Waals surface area contributed by atoms with Crippen LogP contribution in [0, 0.1) is 5.92 Å². The minimum absolute atomic E-state index is 0. The van der Waals surface area contributed by atoms with Gasteiger partial charge < -0.3 is 15.2 Å². The van der Waals surface area contributed by atoms with Crippen LogP contribution in [0.1, 0.15) is 54.8 Å². The van der Waals surface area contributed by atoms with Crippen LogP contribution in [-0.4, -0.2) is 30.2 Å². The zero-order valence-electron chi connectivity index (χ0n) is 11.7. The van der Waals surface area contributed by atoms with E-state index in [2.05, 4.69) is 22.7 Å². The van der Waals surface area contributed by atoms with Crippen LogP contribution >= 0.6 is 12.4 Å². The minimum atomic E-state index is -0.110. The normalized spacial score (nSPS) is 21.1. The number of amides is 1. The summed E-state index contributed by atoms with van der Waals surface area (Å²) in [5, 5.41) is 10.3. The van der Waals surface area contributed by atoms with Crippen molar-refractivity contribution in [2.75, 3.05) is 13.1 Å². The first kappa shape index (κ1) is 15.3. The summed E-state index contributed by atoms with van der Waals surface area (Å²) >= 11 is 0. The fourth-order valence-electron chi connectivity index (χ4n) is 2.70. The number of rotatable bonds is 4. The highest BCUT2D eigenvalue weighted by molar-refractivity contribution is 5.92. The van der Waals surface area contributed by atoms with Crippen molar-refractivity contribution < 1.29 is 9.32 Å². The lowest BCUT2D eigenvalue weighted by atomic mass is 9.91. The van der Waals surface area contributed by atoms with E-state index in [0.29, 0.717) is 17.5 Å². The Kier molecular flexibility index (Phi) is 5.05. The zero-order chi connectivity index (χ0) is 13.2. The van der Waals surface area contributed by atoms with Gasteiger partial charge >= 0.3 is 0 Å². The molecule has 5 nitrogen and oxygen atoms in total. The molecule has 0 bridgehead atoms. The largest absolute Gasteiger partial charge is 0.360 e. The number of nitrogens with one attached hydrogen (secondary N) is 2. The molecule has 1 unspecified atom stereocenters. The molecule has 1 amide bonds. The molecule has 2 N–H and O–H groups in total. The van der Waals surface area contributed by atoms with Crippen molar-refractivity contribution in [2.24, 2.45) is 5.92 Å². The Labute approximate surface area is 125 Å². The highest BCUT2D eigenvalue weighted by atomic mass is 35.5. The first-order valence-corrected chi connectivity index (χ1v) is 7.22. The van der Waals surface area contributed by atoms with E-state index < -0.39 is 0 Å². The van der Waals surface area contributed by atoms with Gasteiger partial charge in [-0.2, -0.15) is 0 Å². The van der Waals surface area contributed by atoms with Gasteiger partial charge in [0.25, 0.3) is 5.91 Å². The third-order valence-electron chi connectivity index (χ3n) is 4.19. The molecule has 3 rings (SSSR count). The van der Waals surface area contributed by atoms with Gasteiger partial charge in [-0.1, -0.05) is 5.16 Å². The van der Waals surface area contributed by atoms with Gasteiger partial charge in [0, 0.05) is 18.0 Å². The maximum atomic E-state index is 12.1. The summed E-state index contributed by atoms with van der Waals surface area (Å²) < 4.78 is 5.22. The van der Waals surface area contributed by atoms with E-state index in [1.807, 2.05) is 0 Å². The van der Waals surface area contributed by atoms with Crippen molar-refractivity contribution in [3.63, 3.8) is 0 Å². The highest BCUT2D eigenvalue weighted by Gasteiger charge is 2.29. The molecular weight excluding hydrogens is 278 g/mol. The van der Waals surface area contributed by atoms with Crippen LogP contribution in [0.25, 0.3) is 0 Å². The van der Waals surface area contributed by atoms with Crippen molar-refractivity contribution in [1.29, 1.82) is 0 Å². The molecule has 1 aliphatic heterocycles. The van der Waals surface area contributed by atoms with E-state index in [1.54, 1.807) is 6.07 Å². The molecule has 112 valence electrons. The van der Waals surface area contributed by atoms with E-state index in [4.69, 9.17) is 4.52 Å². The molecule has 0 spiro atoms. The van der Waals surface area contributed by atoms with E-state index >= 15 is 0 Å². The monoisotopic (exact) mass is 299 g/mol. The van der Waals surface area contributed by atoms with Gasteiger partial charge in [-0.3, -0.25) is 4.79 Å². The van der Waals surface area contributed by atoms with Gasteiger partial charge in [-0.25, -0.2) is 0 Å². The fraction of sp³-hybridized carbons (Fsp3) is 0.714. The summed E-state index contributed by atoms with van der Waals surface area (Å²) in [5.41, 5.74) is 0.419. The molecule has 0 aromatic carbocycles. The van der Waals surface area contributed by atoms with Gasteiger partial charge in [-0.05, 0) is 51.6 Å². The number of aromatic nitrogens is 1. The summed E-state index contributed by atoms with van der Waals surface area (Å²) in [5.74, 6) is 1.80. The Balaban J connectivity index is 0.00000147. The Bertz CT molecular complexity index is 453. The number of hydrogen-bond donors (Lipinski definition) is 2. The lowest BCUT2D eigenvalue weighted by Gasteiger charge is -2.28. The molecule has 2 aliphatic rings. The average molecular weight is 300 g/mol. The average Bonchev–Trinajstić information content (AvgIpc) is 3.17. The van der Waals surface area contributed by atoms with Crippen molar-refractivity contribution >= 4 is 18.3 Å². The summed E-state index contributed by atoms with van der Waals surface area (Å²) in [6.07, 6.45) is 4.55.